The van der Waals surface area contributed by atoms with Crippen molar-refractivity contribution in [3.8, 4) is 0 Å². The number of carbonyl (C=O) groups is 1. The first kappa shape index (κ1) is 12.9. The maximum atomic E-state index is 11.7. The summed E-state index contributed by atoms with van der Waals surface area (Å²) >= 11 is 0. The first-order valence-corrected chi connectivity index (χ1v) is 6.79. The zero-order chi connectivity index (χ0) is 13.0. The van der Waals surface area contributed by atoms with Crippen molar-refractivity contribution < 1.29 is 4.79 Å². The van der Waals surface area contributed by atoms with Crippen molar-refractivity contribution in [1.29, 1.82) is 0 Å². The SMILES string of the molecule is CCC(=O)N(C)Cc1ccccc1N1CCCC1. The van der Waals surface area contributed by atoms with Gasteiger partial charge in [-0.05, 0) is 24.5 Å². The summed E-state index contributed by atoms with van der Waals surface area (Å²) in [6.07, 6.45) is 3.12. The smallest absolute Gasteiger partial charge is 0.222 e. The summed E-state index contributed by atoms with van der Waals surface area (Å²) in [6, 6.07) is 8.44. The largest absolute Gasteiger partial charge is 0.371 e. The molecule has 0 aliphatic carbocycles. The van der Waals surface area contributed by atoms with Crippen LogP contribution < -0.4 is 4.90 Å². The van der Waals surface area contributed by atoms with E-state index in [1.807, 2.05) is 18.9 Å². The Hall–Kier alpha value is -1.51. The zero-order valence-corrected chi connectivity index (χ0v) is 11.4. The molecule has 2 rings (SSSR count). The van der Waals surface area contributed by atoms with Crippen LogP contribution in [0.5, 0.6) is 0 Å². The average molecular weight is 246 g/mol. The number of para-hydroxylation sites is 1. The molecule has 1 heterocycles. The average Bonchev–Trinajstić information content (AvgIpc) is 2.92. The van der Waals surface area contributed by atoms with Gasteiger partial charge in [-0.3, -0.25) is 4.79 Å². The van der Waals surface area contributed by atoms with E-state index < -0.39 is 0 Å². The highest BCUT2D eigenvalue weighted by atomic mass is 16.2. The van der Waals surface area contributed by atoms with Crippen LogP contribution in [0.2, 0.25) is 0 Å². The third-order valence-corrected chi connectivity index (χ3v) is 3.57. The number of carbonyl (C=O) groups excluding carboxylic acids is 1. The van der Waals surface area contributed by atoms with Crippen molar-refractivity contribution in [3.63, 3.8) is 0 Å². The summed E-state index contributed by atoms with van der Waals surface area (Å²) in [6.45, 7) is 4.90. The van der Waals surface area contributed by atoms with Gasteiger partial charge in [-0.15, -0.1) is 0 Å². The van der Waals surface area contributed by atoms with E-state index in [-0.39, 0.29) is 5.91 Å². The Morgan fingerprint density at radius 1 is 1.28 bits per heavy atom. The Bertz CT molecular complexity index is 411. The molecule has 0 unspecified atom stereocenters. The molecule has 0 atom stereocenters. The molecule has 0 spiro atoms. The molecule has 1 fully saturated rings. The van der Waals surface area contributed by atoms with Gasteiger partial charge >= 0.3 is 0 Å². The topological polar surface area (TPSA) is 23.6 Å². The first-order chi connectivity index (χ1) is 8.72. The van der Waals surface area contributed by atoms with Gasteiger partial charge in [0.15, 0.2) is 0 Å². The van der Waals surface area contributed by atoms with Crippen LogP contribution in [0.4, 0.5) is 5.69 Å². The van der Waals surface area contributed by atoms with E-state index in [4.69, 9.17) is 0 Å². The van der Waals surface area contributed by atoms with Crippen LogP contribution in [0, 0.1) is 0 Å². The number of benzene rings is 1. The van der Waals surface area contributed by atoms with Crippen LogP contribution in [-0.4, -0.2) is 30.9 Å². The highest BCUT2D eigenvalue weighted by molar-refractivity contribution is 5.75. The highest BCUT2D eigenvalue weighted by Gasteiger charge is 2.16. The fourth-order valence-corrected chi connectivity index (χ4v) is 2.52. The molecule has 0 bridgehead atoms. The van der Waals surface area contributed by atoms with Gasteiger partial charge in [-0.25, -0.2) is 0 Å². The molecule has 1 aromatic carbocycles. The standard InChI is InChI=1S/C15H22N2O/c1-3-15(18)16(2)12-13-8-4-5-9-14(13)17-10-6-7-11-17/h4-5,8-9H,3,6-7,10-12H2,1-2H3. The number of anilines is 1. The molecule has 0 radical (unpaired) electrons. The summed E-state index contributed by atoms with van der Waals surface area (Å²) in [5, 5.41) is 0. The molecular weight excluding hydrogens is 224 g/mol. The van der Waals surface area contributed by atoms with Gasteiger partial charge in [0.2, 0.25) is 5.91 Å². The number of amides is 1. The molecule has 3 heteroatoms. The number of hydrogen-bond donors (Lipinski definition) is 0. The second-order valence-electron chi connectivity index (χ2n) is 4.93. The number of rotatable bonds is 4. The van der Waals surface area contributed by atoms with Crippen molar-refractivity contribution in [2.45, 2.75) is 32.7 Å². The molecule has 18 heavy (non-hydrogen) atoms. The van der Waals surface area contributed by atoms with Crippen molar-refractivity contribution in [2.24, 2.45) is 0 Å². The molecular formula is C15H22N2O. The molecule has 3 nitrogen and oxygen atoms in total. The van der Waals surface area contributed by atoms with Gasteiger partial charge in [0.1, 0.15) is 0 Å². The van der Waals surface area contributed by atoms with E-state index in [9.17, 15) is 4.79 Å². The first-order valence-electron chi connectivity index (χ1n) is 6.79. The lowest BCUT2D eigenvalue weighted by molar-refractivity contribution is -0.130. The predicted molar refractivity (Wildman–Crippen MR) is 74.7 cm³/mol. The maximum absolute atomic E-state index is 11.7. The van der Waals surface area contributed by atoms with E-state index in [1.165, 1.54) is 24.1 Å². The normalized spacial score (nSPS) is 14.9. The van der Waals surface area contributed by atoms with Gasteiger partial charge in [-0.2, -0.15) is 0 Å². The fraction of sp³-hybridized carbons (Fsp3) is 0.533. The number of hydrogen-bond acceptors (Lipinski definition) is 2. The highest BCUT2D eigenvalue weighted by Crippen LogP contribution is 2.25. The zero-order valence-electron chi connectivity index (χ0n) is 11.4. The minimum absolute atomic E-state index is 0.200. The molecule has 1 aliphatic heterocycles. The van der Waals surface area contributed by atoms with Crippen molar-refractivity contribution >= 4 is 11.6 Å². The van der Waals surface area contributed by atoms with Gasteiger partial charge in [0.05, 0.1) is 0 Å². The van der Waals surface area contributed by atoms with E-state index in [1.54, 1.807) is 0 Å². The molecule has 0 N–H and O–H groups in total. The third kappa shape index (κ3) is 2.84. The molecule has 1 amide bonds. The Labute approximate surface area is 109 Å². The minimum atomic E-state index is 0.200. The summed E-state index contributed by atoms with van der Waals surface area (Å²) in [5.74, 6) is 0.200. The number of nitrogens with zero attached hydrogens (tertiary/aromatic N) is 2. The van der Waals surface area contributed by atoms with Crippen molar-refractivity contribution in [3.05, 3.63) is 29.8 Å². The Morgan fingerprint density at radius 2 is 1.94 bits per heavy atom. The molecule has 1 aromatic rings. The lowest BCUT2D eigenvalue weighted by Crippen LogP contribution is -2.27. The molecule has 1 saturated heterocycles. The summed E-state index contributed by atoms with van der Waals surface area (Å²) < 4.78 is 0. The van der Waals surface area contributed by atoms with Crippen LogP contribution in [0.1, 0.15) is 31.7 Å². The molecule has 1 aliphatic rings. The summed E-state index contributed by atoms with van der Waals surface area (Å²) in [7, 11) is 1.88. The second-order valence-corrected chi connectivity index (χ2v) is 4.93. The Kier molecular flexibility index (Phi) is 4.24. The predicted octanol–water partition coefficient (Wildman–Crippen LogP) is 2.66. The van der Waals surface area contributed by atoms with Crippen LogP contribution in [-0.2, 0) is 11.3 Å². The third-order valence-electron chi connectivity index (χ3n) is 3.57. The Morgan fingerprint density at radius 3 is 2.61 bits per heavy atom. The Balaban J connectivity index is 2.14. The van der Waals surface area contributed by atoms with Gasteiger partial charge in [-0.1, -0.05) is 25.1 Å². The second kappa shape index (κ2) is 5.89. The van der Waals surface area contributed by atoms with Gasteiger partial charge in [0, 0.05) is 38.8 Å². The van der Waals surface area contributed by atoms with Crippen LogP contribution in [0.25, 0.3) is 0 Å². The monoisotopic (exact) mass is 246 g/mol. The van der Waals surface area contributed by atoms with Crippen LogP contribution >= 0.6 is 0 Å². The lowest BCUT2D eigenvalue weighted by atomic mass is 10.1. The van der Waals surface area contributed by atoms with Crippen molar-refractivity contribution in [1.82, 2.24) is 4.90 Å². The van der Waals surface area contributed by atoms with Crippen molar-refractivity contribution in [2.75, 3.05) is 25.0 Å². The lowest BCUT2D eigenvalue weighted by Gasteiger charge is -2.24. The minimum Gasteiger partial charge on any atom is -0.371 e. The summed E-state index contributed by atoms with van der Waals surface area (Å²) in [4.78, 5) is 15.9. The van der Waals surface area contributed by atoms with Crippen LogP contribution in [0.15, 0.2) is 24.3 Å². The van der Waals surface area contributed by atoms with E-state index in [2.05, 4.69) is 29.2 Å². The van der Waals surface area contributed by atoms with Gasteiger partial charge < -0.3 is 9.80 Å². The molecule has 0 saturated carbocycles. The van der Waals surface area contributed by atoms with E-state index >= 15 is 0 Å². The molecule has 98 valence electrons. The van der Waals surface area contributed by atoms with E-state index in [0.717, 1.165) is 13.1 Å². The van der Waals surface area contributed by atoms with Crippen LogP contribution in [0.3, 0.4) is 0 Å². The summed E-state index contributed by atoms with van der Waals surface area (Å²) in [5.41, 5.74) is 2.55. The molecule has 0 aromatic heterocycles. The van der Waals surface area contributed by atoms with Gasteiger partial charge in [0.25, 0.3) is 0 Å². The maximum Gasteiger partial charge on any atom is 0.222 e. The quantitative estimate of drug-likeness (QED) is 0.815. The van der Waals surface area contributed by atoms with E-state index in [0.29, 0.717) is 13.0 Å². The fourth-order valence-electron chi connectivity index (χ4n) is 2.52.